The van der Waals surface area contributed by atoms with Crippen LogP contribution in [0.2, 0.25) is 0 Å². The number of alkyl halides is 6. The fourth-order valence-electron chi connectivity index (χ4n) is 4.52. The molecule has 0 atom stereocenters. The van der Waals surface area contributed by atoms with Crippen LogP contribution in [0.25, 0.3) is 22.3 Å². The predicted octanol–water partition coefficient (Wildman–Crippen LogP) is 6.66. The number of rotatable bonds is 12. The van der Waals surface area contributed by atoms with Gasteiger partial charge in [0, 0.05) is 12.8 Å². The molecule has 0 unspecified atom stereocenters. The lowest BCUT2D eigenvalue weighted by Crippen LogP contribution is -2.33. The maximum absolute atomic E-state index is 12.5. The summed E-state index contributed by atoms with van der Waals surface area (Å²) in [5, 5.41) is 9.37. The Morgan fingerprint density at radius 2 is 0.978 bits per heavy atom. The van der Waals surface area contributed by atoms with Crippen molar-refractivity contribution >= 4 is 5.97 Å². The van der Waals surface area contributed by atoms with Crippen LogP contribution in [0.5, 0.6) is 11.5 Å². The zero-order valence-corrected chi connectivity index (χ0v) is 23.7. The van der Waals surface area contributed by atoms with Crippen molar-refractivity contribution in [3.8, 4) is 33.8 Å². The first-order valence-corrected chi connectivity index (χ1v) is 13.5. The molecule has 0 aromatic heterocycles. The molecule has 14 heteroatoms. The van der Waals surface area contributed by atoms with E-state index in [4.69, 9.17) is 16.3 Å². The van der Waals surface area contributed by atoms with E-state index in [1.165, 1.54) is 48.5 Å². The van der Waals surface area contributed by atoms with Gasteiger partial charge in [0.15, 0.2) is 5.70 Å². The van der Waals surface area contributed by atoms with Gasteiger partial charge < -0.3 is 30.5 Å². The Bertz CT molecular complexity index is 1530. The number of carbonyl (C=O) groups is 1. The summed E-state index contributed by atoms with van der Waals surface area (Å²) in [6.45, 7) is 0. The van der Waals surface area contributed by atoms with Crippen LogP contribution in [-0.4, -0.2) is 29.9 Å². The summed E-state index contributed by atoms with van der Waals surface area (Å²) < 4.78 is 88.4. The fraction of sp³-hybridized carbons (Fsp3) is 0.156. The van der Waals surface area contributed by atoms with Crippen LogP contribution in [0.15, 0.2) is 109 Å². The van der Waals surface area contributed by atoms with Crippen LogP contribution in [0.4, 0.5) is 26.3 Å². The number of hydrogen-bond donors (Lipinski definition) is 4. The monoisotopic (exact) mass is 647 g/mol. The second-order valence-electron chi connectivity index (χ2n) is 9.88. The maximum atomic E-state index is 12.5. The van der Waals surface area contributed by atoms with E-state index in [1.54, 1.807) is 48.5 Å². The summed E-state index contributed by atoms with van der Waals surface area (Å²) in [5.74, 6) is 2.76. The fourth-order valence-corrected chi connectivity index (χ4v) is 4.52. The highest BCUT2D eigenvalue weighted by Gasteiger charge is 2.31. The van der Waals surface area contributed by atoms with E-state index in [1.807, 2.05) is 5.43 Å². The minimum absolute atomic E-state index is 0.277. The standard InChI is InChI=1S/C32H27F6N3O5/c33-31(34,35)45-25-13-9-23(10-14-25)21-5-1-19(2-6-21)17-27(44-29(39)28(41-40)30(42)43)18-20-3-7-22(8-4-20)24-11-15-26(16-12-24)46-32(36,37)38/h1-16,27,41H,17-18,39-40H2,(H,42,43)/b29-28+. The van der Waals surface area contributed by atoms with Gasteiger partial charge in [0.05, 0.1) is 0 Å². The largest absolute Gasteiger partial charge is 0.573 e. The van der Waals surface area contributed by atoms with E-state index < -0.39 is 36.4 Å². The molecule has 4 rings (SSSR count). The highest BCUT2D eigenvalue weighted by Crippen LogP contribution is 2.29. The lowest BCUT2D eigenvalue weighted by molar-refractivity contribution is -0.275. The lowest BCUT2D eigenvalue weighted by Gasteiger charge is -2.21. The molecule has 0 aliphatic rings. The van der Waals surface area contributed by atoms with Gasteiger partial charge >= 0.3 is 18.7 Å². The van der Waals surface area contributed by atoms with E-state index in [0.717, 1.165) is 22.3 Å². The predicted molar refractivity (Wildman–Crippen MR) is 156 cm³/mol. The molecule has 242 valence electrons. The van der Waals surface area contributed by atoms with Gasteiger partial charge in [-0.15, -0.1) is 26.3 Å². The molecule has 4 aromatic carbocycles. The number of benzene rings is 4. The molecule has 4 aromatic rings. The summed E-state index contributed by atoms with van der Waals surface area (Å²) in [6, 6.07) is 25.1. The van der Waals surface area contributed by atoms with Gasteiger partial charge in [-0.25, -0.2) is 4.79 Å². The number of hydrazine groups is 1. The summed E-state index contributed by atoms with van der Waals surface area (Å²) >= 11 is 0. The maximum Gasteiger partial charge on any atom is 0.573 e. The van der Waals surface area contributed by atoms with E-state index >= 15 is 0 Å². The molecular weight excluding hydrogens is 620 g/mol. The second-order valence-corrected chi connectivity index (χ2v) is 9.88. The first kappa shape index (κ1) is 33.5. The van der Waals surface area contributed by atoms with Gasteiger partial charge in [-0.2, -0.15) is 0 Å². The Kier molecular flexibility index (Phi) is 10.3. The SMILES string of the molecule is NN/C(C(=O)O)=C(\N)OC(Cc1ccc(-c2ccc(OC(F)(F)F)cc2)cc1)Cc1ccc(-c2ccc(OC(F)(F)F)cc2)cc1. The lowest BCUT2D eigenvalue weighted by atomic mass is 9.97. The second kappa shape index (κ2) is 14.2. The van der Waals surface area contributed by atoms with Crippen molar-refractivity contribution in [2.75, 3.05) is 0 Å². The molecule has 0 amide bonds. The first-order valence-electron chi connectivity index (χ1n) is 13.5. The zero-order valence-electron chi connectivity index (χ0n) is 23.7. The molecule has 0 saturated heterocycles. The van der Waals surface area contributed by atoms with Crippen molar-refractivity contribution in [2.24, 2.45) is 11.6 Å². The normalized spacial score (nSPS) is 12.3. The van der Waals surface area contributed by atoms with Crippen molar-refractivity contribution in [3.05, 3.63) is 120 Å². The molecular formula is C32H27F6N3O5. The summed E-state index contributed by atoms with van der Waals surface area (Å²) in [7, 11) is 0. The minimum Gasteiger partial charge on any atom is -0.476 e. The third kappa shape index (κ3) is 9.82. The number of halogens is 6. The molecule has 8 nitrogen and oxygen atoms in total. The van der Waals surface area contributed by atoms with E-state index in [9.17, 15) is 36.2 Å². The number of hydrogen-bond acceptors (Lipinski definition) is 7. The number of carboxylic acid groups (broad SMARTS) is 1. The molecule has 0 aliphatic carbocycles. The molecule has 0 bridgehead atoms. The summed E-state index contributed by atoms with van der Waals surface area (Å²) in [6.07, 6.45) is -9.70. The van der Waals surface area contributed by atoms with Crippen LogP contribution in [-0.2, 0) is 22.4 Å². The average molecular weight is 648 g/mol. The van der Waals surface area contributed by atoms with Crippen LogP contribution in [0.1, 0.15) is 11.1 Å². The summed E-state index contributed by atoms with van der Waals surface area (Å²) in [5.41, 5.74) is 11.7. The highest BCUT2D eigenvalue weighted by atomic mass is 19.4. The molecule has 0 spiro atoms. The number of carboxylic acids is 1. The van der Waals surface area contributed by atoms with Crippen molar-refractivity contribution in [2.45, 2.75) is 31.7 Å². The smallest absolute Gasteiger partial charge is 0.476 e. The molecule has 6 N–H and O–H groups in total. The summed E-state index contributed by atoms with van der Waals surface area (Å²) in [4.78, 5) is 11.5. The minimum atomic E-state index is -4.79. The van der Waals surface area contributed by atoms with Gasteiger partial charge in [-0.3, -0.25) is 5.84 Å². The topological polar surface area (TPSA) is 129 Å². The van der Waals surface area contributed by atoms with Crippen molar-refractivity contribution < 1.29 is 50.5 Å². The Morgan fingerprint density at radius 1 is 0.652 bits per heavy atom. The Hall–Kier alpha value is -5.37. The van der Waals surface area contributed by atoms with Crippen LogP contribution < -0.4 is 26.5 Å². The molecule has 0 fully saturated rings. The van der Waals surface area contributed by atoms with Crippen molar-refractivity contribution in [3.63, 3.8) is 0 Å². The Balaban J connectivity index is 1.50. The third-order valence-electron chi connectivity index (χ3n) is 6.58. The van der Waals surface area contributed by atoms with Crippen molar-refractivity contribution in [1.82, 2.24) is 5.43 Å². The third-order valence-corrected chi connectivity index (χ3v) is 6.58. The van der Waals surface area contributed by atoms with Crippen LogP contribution in [0.3, 0.4) is 0 Å². The van der Waals surface area contributed by atoms with Crippen molar-refractivity contribution in [1.29, 1.82) is 0 Å². The van der Waals surface area contributed by atoms with Gasteiger partial charge in [0.2, 0.25) is 5.88 Å². The number of nitrogens with one attached hydrogen (secondary N) is 1. The first-order chi connectivity index (χ1) is 21.7. The van der Waals surface area contributed by atoms with E-state index in [2.05, 4.69) is 9.47 Å². The van der Waals surface area contributed by atoms with Crippen LogP contribution in [0, 0.1) is 0 Å². The molecule has 0 radical (unpaired) electrons. The van der Waals surface area contributed by atoms with Crippen LogP contribution >= 0.6 is 0 Å². The quantitative estimate of drug-likeness (QED) is 0.0442. The molecule has 0 saturated carbocycles. The van der Waals surface area contributed by atoms with Gasteiger partial charge in [0.25, 0.3) is 0 Å². The van der Waals surface area contributed by atoms with Gasteiger partial charge in [-0.05, 0) is 57.6 Å². The number of aliphatic carboxylic acids is 1. The number of ether oxygens (including phenoxy) is 3. The van der Waals surface area contributed by atoms with Gasteiger partial charge in [-0.1, -0.05) is 72.8 Å². The average Bonchev–Trinajstić information content (AvgIpc) is 2.97. The zero-order chi connectivity index (χ0) is 33.5. The number of nitrogens with two attached hydrogens (primary N) is 2. The Labute approximate surface area is 258 Å². The van der Waals surface area contributed by atoms with E-state index in [0.29, 0.717) is 11.1 Å². The molecule has 0 heterocycles. The molecule has 0 aliphatic heterocycles. The highest BCUT2D eigenvalue weighted by molar-refractivity contribution is 5.86. The van der Waals surface area contributed by atoms with E-state index in [-0.39, 0.29) is 24.3 Å². The Morgan fingerprint density at radius 3 is 1.26 bits per heavy atom. The van der Waals surface area contributed by atoms with Gasteiger partial charge in [0.1, 0.15) is 17.6 Å². The molecule has 46 heavy (non-hydrogen) atoms.